The number of nitrogens with zero attached hydrogens (tertiary/aromatic N) is 4. The molecule has 3 atom stereocenters. The maximum absolute atomic E-state index is 6.55. The highest BCUT2D eigenvalue weighted by atomic mass is 32.2. The molecule has 0 saturated carbocycles. The fraction of sp³-hybridized carbons (Fsp3) is 0.565. The van der Waals surface area contributed by atoms with Crippen LogP contribution in [-0.4, -0.2) is 67.6 Å². The lowest BCUT2D eigenvalue weighted by molar-refractivity contribution is -0.0242. The minimum atomic E-state index is 0.0811. The number of ether oxygens (including phenoxy) is 2. The zero-order valence-corrected chi connectivity index (χ0v) is 19.4. The Morgan fingerprint density at radius 2 is 2.07 bits per heavy atom. The fourth-order valence-electron chi connectivity index (χ4n) is 4.88. The molecule has 0 spiro atoms. The first-order valence-electron chi connectivity index (χ1n) is 10.6. The molecule has 6 nitrogen and oxygen atoms in total. The number of hydrogen-bond acceptors (Lipinski definition) is 7. The van der Waals surface area contributed by atoms with Gasteiger partial charge < -0.3 is 19.3 Å². The van der Waals surface area contributed by atoms with Gasteiger partial charge >= 0.3 is 0 Å². The van der Waals surface area contributed by atoms with Crippen LogP contribution in [-0.2, 0) is 11.2 Å². The van der Waals surface area contributed by atoms with Crippen molar-refractivity contribution < 1.29 is 9.47 Å². The zero-order chi connectivity index (χ0) is 21.3. The Kier molecular flexibility index (Phi) is 6.51. The summed E-state index contributed by atoms with van der Waals surface area (Å²) in [6, 6.07) is 6.69. The van der Waals surface area contributed by atoms with E-state index in [1.165, 1.54) is 16.1 Å². The summed E-state index contributed by atoms with van der Waals surface area (Å²) in [5.41, 5.74) is 3.62. The van der Waals surface area contributed by atoms with E-state index in [-0.39, 0.29) is 6.10 Å². The van der Waals surface area contributed by atoms with Crippen LogP contribution in [0.2, 0.25) is 0 Å². The average molecular weight is 429 g/mol. The Hall–Kier alpha value is -1.83. The lowest BCUT2D eigenvalue weighted by Gasteiger charge is -2.40. The van der Waals surface area contributed by atoms with E-state index in [0.29, 0.717) is 24.3 Å². The Labute approximate surface area is 184 Å². The van der Waals surface area contributed by atoms with Gasteiger partial charge in [-0.15, -0.1) is 11.8 Å². The fourth-order valence-corrected chi connectivity index (χ4v) is 5.35. The number of fused-ring (bicyclic) bond motifs is 1. The highest BCUT2D eigenvalue weighted by molar-refractivity contribution is 7.98. The highest BCUT2D eigenvalue weighted by Gasteiger charge is 2.36. The van der Waals surface area contributed by atoms with E-state index in [2.05, 4.69) is 65.1 Å². The maximum Gasteiger partial charge on any atom is 0.221 e. The van der Waals surface area contributed by atoms with E-state index >= 15 is 0 Å². The number of anilines is 2. The molecule has 1 saturated heterocycles. The summed E-state index contributed by atoms with van der Waals surface area (Å²) >= 11 is 1.78. The van der Waals surface area contributed by atoms with Gasteiger partial charge in [-0.05, 0) is 50.4 Å². The van der Waals surface area contributed by atoms with E-state index in [1.807, 2.05) is 0 Å². The van der Waals surface area contributed by atoms with E-state index < -0.39 is 0 Å². The SMILES string of the molecule is COCC1CN(C)CC(C)C1Oc1ncnc(N2CCc3cc(SC)ccc32)c1C. The second kappa shape index (κ2) is 9.12. The summed E-state index contributed by atoms with van der Waals surface area (Å²) in [5.74, 6) is 2.36. The lowest BCUT2D eigenvalue weighted by Crippen LogP contribution is -2.51. The second-order valence-corrected chi connectivity index (χ2v) is 9.40. The molecule has 2 aliphatic rings. The summed E-state index contributed by atoms with van der Waals surface area (Å²) < 4.78 is 12.0. The molecule has 1 fully saturated rings. The highest BCUT2D eigenvalue weighted by Crippen LogP contribution is 2.39. The molecule has 2 aliphatic heterocycles. The average Bonchev–Trinajstić information content (AvgIpc) is 3.14. The molecular weight excluding hydrogens is 396 g/mol. The van der Waals surface area contributed by atoms with Crippen LogP contribution in [0.1, 0.15) is 18.1 Å². The predicted molar refractivity (Wildman–Crippen MR) is 122 cm³/mol. The topological polar surface area (TPSA) is 50.7 Å². The van der Waals surface area contributed by atoms with Crippen LogP contribution < -0.4 is 9.64 Å². The number of methoxy groups -OCH3 is 1. The van der Waals surface area contributed by atoms with Crippen LogP contribution in [0.5, 0.6) is 5.88 Å². The van der Waals surface area contributed by atoms with Crippen molar-refractivity contribution in [3.05, 3.63) is 35.7 Å². The van der Waals surface area contributed by atoms with E-state index in [1.54, 1.807) is 25.2 Å². The quantitative estimate of drug-likeness (QED) is 0.649. The number of thioether (sulfide) groups is 1. The molecule has 1 aromatic heterocycles. The molecule has 0 radical (unpaired) electrons. The molecule has 0 N–H and O–H groups in total. The second-order valence-electron chi connectivity index (χ2n) is 8.52. The van der Waals surface area contributed by atoms with Gasteiger partial charge in [0.25, 0.3) is 0 Å². The van der Waals surface area contributed by atoms with Crippen LogP contribution in [0, 0.1) is 18.8 Å². The molecule has 0 bridgehead atoms. The van der Waals surface area contributed by atoms with E-state index in [9.17, 15) is 0 Å². The number of piperidine rings is 1. The van der Waals surface area contributed by atoms with Crippen LogP contribution >= 0.6 is 11.8 Å². The first-order valence-corrected chi connectivity index (χ1v) is 11.8. The van der Waals surface area contributed by atoms with Crippen molar-refractivity contribution in [1.29, 1.82) is 0 Å². The van der Waals surface area contributed by atoms with Crippen molar-refractivity contribution in [2.45, 2.75) is 31.3 Å². The van der Waals surface area contributed by atoms with Crippen molar-refractivity contribution >= 4 is 23.3 Å². The molecule has 4 rings (SSSR count). The summed E-state index contributed by atoms with van der Waals surface area (Å²) in [5, 5.41) is 0. The summed E-state index contributed by atoms with van der Waals surface area (Å²) in [6.45, 7) is 7.93. The van der Waals surface area contributed by atoms with Crippen LogP contribution in [0.25, 0.3) is 0 Å². The third-order valence-corrected chi connectivity index (χ3v) is 6.97. The molecule has 30 heavy (non-hydrogen) atoms. The molecule has 2 aromatic rings. The largest absolute Gasteiger partial charge is 0.473 e. The lowest BCUT2D eigenvalue weighted by atomic mass is 9.87. The first kappa shape index (κ1) is 21.4. The van der Waals surface area contributed by atoms with Crippen molar-refractivity contribution in [3.63, 3.8) is 0 Å². The molecule has 1 aromatic carbocycles. The smallest absolute Gasteiger partial charge is 0.221 e. The minimum absolute atomic E-state index is 0.0811. The van der Waals surface area contributed by atoms with Crippen molar-refractivity contribution in [1.82, 2.24) is 14.9 Å². The Bertz CT molecular complexity index is 894. The third-order valence-electron chi connectivity index (χ3n) is 6.25. The Morgan fingerprint density at radius 3 is 2.83 bits per heavy atom. The van der Waals surface area contributed by atoms with Gasteiger partial charge in [-0.2, -0.15) is 0 Å². The van der Waals surface area contributed by atoms with Crippen molar-refractivity contribution in [3.8, 4) is 5.88 Å². The van der Waals surface area contributed by atoms with Gasteiger partial charge in [0.1, 0.15) is 18.2 Å². The van der Waals surface area contributed by atoms with E-state index in [4.69, 9.17) is 9.47 Å². The van der Waals surface area contributed by atoms with Crippen LogP contribution in [0.15, 0.2) is 29.4 Å². The number of benzene rings is 1. The molecule has 7 heteroatoms. The zero-order valence-electron chi connectivity index (χ0n) is 18.6. The third kappa shape index (κ3) is 4.15. The number of likely N-dealkylation sites (tertiary alicyclic amines) is 1. The molecule has 3 heterocycles. The Morgan fingerprint density at radius 1 is 1.23 bits per heavy atom. The molecule has 0 aliphatic carbocycles. The normalized spacial score (nSPS) is 24.2. The first-order chi connectivity index (χ1) is 14.5. The van der Waals surface area contributed by atoms with Gasteiger partial charge in [-0.3, -0.25) is 0 Å². The van der Waals surface area contributed by atoms with Gasteiger partial charge in [-0.25, -0.2) is 9.97 Å². The summed E-state index contributed by atoms with van der Waals surface area (Å²) in [6.07, 6.45) is 4.87. The van der Waals surface area contributed by atoms with Gasteiger partial charge in [-0.1, -0.05) is 6.92 Å². The maximum atomic E-state index is 6.55. The van der Waals surface area contributed by atoms with Gasteiger partial charge in [0.05, 0.1) is 12.2 Å². The van der Waals surface area contributed by atoms with Gasteiger partial charge in [0, 0.05) is 49.2 Å². The summed E-state index contributed by atoms with van der Waals surface area (Å²) in [4.78, 5) is 15.1. The molecule has 3 unspecified atom stereocenters. The van der Waals surface area contributed by atoms with Crippen LogP contribution in [0.3, 0.4) is 0 Å². The number of hydrogen-bond donors (Lipinski definition) is 0. The van der Waals surface area contributed by atoms with Gasteiger partial charge in [0.2, 0.25) is 5.88 Å². The standard InChI is InChI=1S/C23H32N4O2S/c1-15-11-26(3)12-18(13-28-4)21(15)29-23-16(2)22(24-14-25-23)27-9-8-17-10-19(30-5)6-7-20(17)27/h6-7,10,14-15,18,21H,8-9,11-13H2,1-5H3. The summed E-state index contributed by atoms with van der Waals surface area (Å²) in [7, 11) is 3.92. The molecule has 162 valence electrons. The molecule has 0 amide bonds. The van der Waals surface area contributed by atoms with Crippen LogP contribution in [0.4, 0.5) is 11.5 Å². The number of rotatable bonds is 6. The van der Waals surface area contributed by atoms with Crippen molar-refractivity contribution in [2.24, 2.45) is 11.8 Å². The molecular formula is C23H32N4O2S. The van der Waals surface area contributed by atoms with E-state index in [0.717, 1.165) is 37.4 Å². The monoisotopic (exact) mass is 428 g/mol. The number of aromatic nitrogens is 2. The Balaban J connectivity index is 1.60. The van der Waals surface area contributed by atoms with Gasteiger partial charge in [0.15, 0.2) is 0 Å². The minimum Gasteiger partial charge on any atom is -0.473 e. The van der Waals surface area contributed by atoms with Crippen molar-refractivity contribution in [2.75, 3.05) is 51.6 Å². The predicted octanol–water partition coefficient (Wildman–Crippen LogP) is 3.79.